The lowest BCUT2D eigenvalue weighted by Crippen LogP contribution is -2.43. The number of benzene rings is 2. The van der Waals surface area contributed by atoms with Crippen LogP contribution in [0.2, 0.25) is 0 Å². The normalized spacial score (nSPS) is 14.7. The summed E-state index contributed by atoms with van der Waals surface area (Å²) in [5.74, 6) is -0.575. The molecule has 1 aliphatic heterocycles. The van der Waals surface area contributed by atoms with Crippen LogP contribution in [-0.4, -0.2) is 41.6 Å². The highest BCUT2D eigenvalue weighted by Crippen LogP contribution is 2.30. The molecule has 3 aromatic rings. The number of rotatable bonds is 7. The second kappa shape index (κ2) is 10.6. The standard InChI is InChI=1S/C25H26F3N5O/c26-25(27,28)19-4-1-3-18(15-19)24(34)32-21-5-2-6-23(16-21)33-13-8-20(9-14-33)30-10-7-22-17-29-11-12-31-22/h1-6,11-12,15-17,20,30H,7-10,13-14H2,(H,32,34). The van der Waals surface area contributed by atoms with Crippen molar-refractivity contribution in [1.82, 2.24) is 15.3 Å². The van der Waals surface area contributed by atoms with Crippen molar-refractivity contribution in [3.63, 3.8) is 0 Å². The molecule has 2 aromatic carbocycles. The monoisotopic (exact) mass is 469 g/mol. The molecule has 1 aliphatic rings. The fraction of sp³-hybridized carbons (Fsp3) is 0.320. The van der Waals surface area contributed by atoms with Gasteiger partial charge in [-0.3, -0.25) is 14.8 Å². The summed E-state index contributed by atoms with van der Waals surface area (Å²) >= 11 is 0. The zero-order valence-corrected chi connectivity index (χ0v) is 18.6. The topological polar surface area (TPSA) is 70.2 Å². The third-order valence-electron chi connectivity index (χ3n) is 5.85. The molecular weight excluding hydrogens is 443 g/mol. The largest absolute Gasteiger partial charge is 0.416 e. The molecule has 34 heavy (non-hydrogen) atoms. The summed E-state index contributed by atoms with van der Waals surface area (Å²) in [5, 5.41) is 6.29. The van der Waals surface area contributed by atoms with E-state index < -0.39 is 17.6 Å². The molecule has 9 heteroatoms. The van der Waals surface area contributed by atoms with E-state index >= 15 is 0 Å². The van der Waals surface area contributed by atoms with Gasteiger partial charge in [-0.15, -0.1) is 0 Å². The number of amides is 1. The number of nitrogens with zero attached hydrogens (tertiary/aromatic N) is 3. The first-order valence-electron chi connectivity index (χ1n) is 11.2. The van der Waals surface area contributed by atoms with Crippen molar-refractivity contribution in [3.8, 4) is 0 Å². The van der Waals surface area contributed by atoms with Gasteiger partial charge >= 0.3 is 6.18 Å². The van der Waals surface area contributed by atoms with Crippen LogP contribution in [0.15, 0.2) is 67.1 Å². The van der Waals surface area contributed by atoms with Crippen molar-refractivity contribution in [2.24, 2.45) is 0 Å². The number of alkyl halides is 3. The zero-order valence-electron chi connectivity index (χ0n) is 18.6. The second-order valence-corrected chi connectivity index (χ2v) is 8.25. The maximum atomic E-state index is 12.9. The molecule has 0 aliphatic carbocycles. The number of halogens is 3. The van der Waals surface area contributed by atoms with Gasteiger partial charge in [0.2, 0.25) is 0 Å². The Labute approximate surface area is 196 Å². The van der Waals surface area contributed by atoms with Crippen LogP contribution in [0.3, 0.4) is 0 Å². The summed E-state index contributed by atoms with van der Waals surface area (Å²) < 4.78 is 38.8. The van der Waals surface area contributed by atoms with E-state index in [1.807, 2.05) is 18.2 Å². The van der Waals surface area contributed by atoms with Crippen LogP contribution in [0.25, 0.3) is 0 Å². The predicted molar refractivity (Wildman–Crippen MR) is 125 cm³/mol. The summed E-state index contributed by atoms with van der Waals surface area (Å²) in [6.07, 6.45) is 3.46. The average Bonchev–Trinajstić information content (AvgIpc) is 2.85. The number of aromatic nitrogens is 2. The Morgan fingerprint density at radius 2 is 1.85 bits per heavy atom. The summed E-state index contributed by atoms with van der Waals surface area (Å²) in [5.41, 5.74) is 1.61. The van der Waals surface area contributed by atoms with Crippen molar-refractivity contribution in [1.29, 1.82) is 0 Å². The molecule has 1 fully saturated rings. The molecule has 6 nitrogen and oxygen atoms in total. The van der Waals surface area contributed by atoms with Crippen LogP contribution in [0.4, 0.5) is 24.5 Å². The van der Waals surface area contributed by atoms with E-state index in [9.17, 15) is 18.0 Å². The first-order chi connectivity index (χ1) is 16.4. The lowest BCUT2D eigenvalue weighted by atomic mass is 10.0. The van der Waals surface area contributed by atoms with Crippen molar-refractivity contribution in [2.45, 2.75) is 31.5 Å². The third kappa shape index (κ3) is 6.32. The van der Waals surface area contributed by atoms with E-state index in [1.54, 1.807) is 24.7 Å². The molecule has 2 heterocycles. The number of hydrogen-bond donors (Lipinski definition) is 2. The Hall–Kier alpha value is -3.46. The highest BCUT2D eigenvalue weighted by molar-refractivity contribution is 6.04. The summed E-state index contributed by atoms with van der Waals surface area (Å²) in [6.45, 7) is 2.59. The van der Waals surface area contributed by atoms with Gasteiger partial charge in [-0.2, -0.15) is 13.2 Å². The molecule has 1 aromatic heterocycles. The summed E-state index contributed by atoms with van der Waals surface area (Å²) in [7, 11) is 0. The lowest BCUT2D eigenvalue weighted by Gasteiger charge is -2.34. The van der Waals surface area contributed by atoms with Gasteiger partial charge in [0.1, 0.15) is 0 Å². The van der Waals surface area contributed by atoms with E-state index in [1.165, 1.54) is 12.1 Å². The van der Waals surface area contributed by atoms with Gasteiger partial charge < -0.3 is 15.5 Å². The number of anilines is 2. The number of carbonyl (C=O) groups is 1. The Bertz CT molecular complexity index is 1100. The maximum absolute atomic E-state index is 12.9. The molecule has 0 atom stereocenters. The molecule has 0 unspecified atom stereocenters. The molecular formula is C25H26F3N5O. The molecule has 2 N–H and O–H groups in total. The number of nitrogens with one attached hydrogen (secondary N) is 2. The van der Waals surface area contributed by atoms with Crippen molar-refractivity contribution in [3.05, 3.63) is 83.9 Å². The minimum absolute atomic E-state index is 0.0337. The molecule has 0 spiro atoms. The van der Waals surface area contributed by atoms with Gasteiger partial charge in [-0.05, 0) is 49.2 Å². The summed E-state index contributed by atoms with van der Waals surface area (Å²) in [4.78, 5) is 23.1. The molecule has 4 rings (SSSR count). The predicted octanol–water partition coefficient (Wildman–Crippen LogP) is 4.55. The van der Waals surface area contributed by atoms with Crippen LogP contribution < -0.4 is 15.5 Å². The first kappa shape index (κ1) is 23.7. The molecule has 0 bridgehead atoms. The van der Waals surface area contributed by atoms with Crippen LogP contribution in [0, 0.1) is 0 Å². The highest BCUT2D eigenvalue weighted by Gasteiger charge is 2.31. The SMILES string of the molecule is O=C(Nc1cccc(N2CCC(NCCc3cnccn3)CC2)c1)c1cccc(C(F)(F)F)c1. The number of hydrogen-bond acceptors (Lipinski definition) is 5. The quantitative estimate of drug-likeness (QED) is 0.531. The number of piperidine rings is 1. The van der Waals surface area contributed by atoms with Gasteiger partial charge in [0.25, 0.3) is 5.91 Å². The van der Waals surface area contributed by atoms with Gasteiger partial charge in [-0.1, -0.05) is 12.1 Å². The van der Waals surface area contributed by atoms with Crippen LogP contribution in [0.5, 0.6) is 0 Å². The second-order valence-electron chi connectivity index (χ2n) is 8.25. The smallest absolute Gasteiger partial charge is 0.371 e. The van der Waals surface area contributed by atoms with E-state index in [-0.39, 0.29) is 5.56 Å². The molecule has 1 saturated heterocycles. The fourth-order valence-corrected chi connectivity index (χ4v) is 4.03. The Kier molecular flexibility index (Phi) is 7.42. The van der Waals surface area contributed by atoms with Crippen molar-refractivity contribution < 1.29 is 18.0 Å². The lowest BCUT2D eigenvalue weighted by molar-refractivity contribution is -0.137. The molecule has 0 radical (unpaired) electrons. The van der Waals surface area contributed by atoms with E-state index in [4.69, 9.17) is 0 Å². The fourth-order valence-electron chi connectivity index (χ4n) is 4.03. The molecule has 0 saturated carbocycles. The third-order valence-corrected chi connectivity index (χ3v) is 5.85. The van der Waals surface area contributed by atoms with Crippen molar-refractivity contribution >= 4 is 17.3 Å². The van der Waals surface area contributed by atoms with Gasteiger partial charge in [-0.25, -0.2) is 0 Å². The minimum atomic E-state index is -4.49. The highest BCUT2D eigenvalue weighted by atomic mass is 19.4. The first-order valence-corrected chi connectivity index (χ1v) is 11.2. The Balaban J connectivity index is 1.29. The van der Waals surface area contributed by atoms with Gasteiger partial charge in [0, 0.05) is 67.6 Å². The van der Waals surface area contributed by atoms with Gasteiger partial charge in [0.05, 0.1) is 11.3 Å². The Morgan fingerprint density at radius 3 is 2.59 bits per heavy atom. The average molecular weight is 470 g/mol. The maximum Gasteiger partial charge on any atom is 0.416 e. The van der Waals surface area contributed by atoms with E-state index in [2.05, 4.69) is 25.5 Å². The van der Waals surface area contributed by atoms with E-state index in [0.29, 0.717) is 11.7 Å². The minimum Gasteiger partial charge on any atom is -0.371 e. The van der Waals surface area contributed by atoms with Crippen LogP contribution in [0.1, 0.15) is 34.5 Å². The molecule has 178 valence electrons. The summed E-state index contributed by atoms with van der Waals surface area (Å²) in [6, 6.07) is 12.2. The van der Waals surface area contributed by atoms with Gasteiger partial charge in [0.15, 0.2) is 0 Å². The zero-order chi connectivity index (χ0) is 24.0. The Morgan fingerprint density at radius 1 is 1.06 bits per heavy atom. The molecule has 1 amide bonds. The van der Waals surface area contributed by atoms with Crippen molar-refractivity contribution in [2.75, 3.05) is 29.9 Å². The van der Waals surface area contributed by atoms with Crippen LogP contribution >= 0.6 is 0 Å². The van der Waals surface area contributed by atoms with E-state index in [0.717, 1.165) is 62.4 Å². The van der Waals surface area contributed by atoms with Crippen LogP contribution in [-0.2, 0) is 12.6 Å². The number of carbonyl (C=O) groups excluding carboxylic acids is 1.